The quantitative estimate of drug-likeness (QED) is 0.699. The van der Waals surface area contributed by atoms with E-state index in [1.807, 2.05) is 12.6 Å². The van der Waals surface area contributed by atoms with Crippen LogP contribution in [0.15, 0.2) is 40.8 Å². The van der Waals surface area contributed by atoms with E-state index in [1.54, 1.807) is 11.3 Å². The first kappa shape index (κ1) is 15.0. The lowest BCUT2D eigenvalue weighted by Crippen LogP contribution is -2.39. The second-order valence-electron chi connectivity index (χ2n) is 5.60. The smallest absolute Gasteiger partial charge is 0.193 e. The van der Waals surface area contributed by atoms with E-state index in [4.69, 9.17) is 0 Å². The van der Waals surface area contributed by atoms with Crippen molar-refractivity contribution in [2.24, 2.45) is 4.99 Å². The number of rotatable bonds is 3. The molecule has 1 saturated heterocycles. The Bertz CT molecular complexity index is 635. The third kappa shape index (κ3) is 3.30. The molecular formula is C17H22N4S. The Morgan fingerprint density at radius 1 is 1.41 bits per heavy atom. The van der Waals surface area contributed by atoms with Crippen LogP contribution in [0.2, 0.25) is 0 Å². The number of aryl methyl sites for hydroxylation is 1. The van der Waals surface area contributed by atoms with Gasteiger partial charge in [0.2, 0.25) is 0 Å². The lowest BCUT2D eigenvalue weighted by Gasteiger charge is -2.21. The normalized spacial score (nSPS) is 18.7. The molecule has 1 aromatic carbocycles. The number of aromatic nitrogens is 1. The fourth-order valence-electron chi connectivity index (χ4n) is 2.94. The molecule has 1 fully saturated rings. The predicted molar refractivity (Wildman–Crippen MR) is 92.4 cm³/mol. The SMILES string of the molecule is CN=C(NCc1scnc1C)N1CCC(c2ccccc2)C1. The van der Waals surface area contributed by atoms with E-state index in [0.29, 0.717) is 5.92 Å². The monoisotopic (exact) mass is 314 g/mol. The molecule has 0 aliphatic carbocycles. The lowest BCUT2D eigenvalue weighted by molar-refractivity contribution is 0.486. The Balaban J connectivity index is 1.60. The first-order chi connectivity index (χ1) is 10.8. The van der Waals surface area contributed by atoms with Crippen LogP contribution in [0.1, 0.15) is 28.5 Å². The van der Waals surface area contributed by atoms with Gasteiger partial charge in [-0.3, -0.25) is 4.99 Å². The van der Waals surface area contributed by atoms with E-state index in [9.17, 15) is 0 Å². The number of nitrogens with one attached hydrogen (secondary N) is 1. The van der Waals surface area contributed by atoms with Crippen molar-refractivity contribution in [2.75, 3.05) is 20.1 Å². The number of aliphatic imine (C=N–C) groups is 1. The van der Waals surface area contributed by atoms with Gasteiger partial charge < -0.3 is 10.2 Å². The maximum Gasteiger partial charge on any atom is 0.193 e. The third-order valence-electron chi connectivity index (χ3n) is 4.22. The summed E-state index contributed by atoms with van der Waals surface area (Å²) in [6.45, 7) is 4.94. The topological polar surface area (TPSA) is 40.5 Å². The largest absolute Gasteiger partial charge is 0.351 e. The lowest BCUT2D eigenvalue weighted by atomic mass is 9.99. The zero-order valence-electron chi connectivity index (χ0n) is 13.1. The molecule has 0 amide bonds. The minimum absolute atomic E-state index is 0.602. The molecule has 1 atom stereocenters. The molecule has 1 N–H and O–H groups in total. The van der Waals surface area contributed by atoms with E-state index in [0.717, 1.165) is 31.3 Å². The molecule has 22 heavy (non-hydrogen) atoms. The Kier molecular flexibility index (Phi) is 4.73. The molecule has 4 nitrogen and oxygen atoms in total. The molecule has 0 spiro atoms. The van der Waals surface area contributed by atoms with Crippen LogP contribution in [-0.4, -0.2) is 36.0 Å². The first-order valence-corrected chi connectivity index (χ1v) is 8.55. The maximum absolute atomic E-state index is 4.44. The van der Waals surface area contributed by atoms with Gasteiger partial charge in [0.15, 0.2) is 5.96 Å². The summed E-state index contributed by atoms with van der Waals surface area (Å²) in [5, 5.41) is 3.47. The van der Waals surface area contributed by atoms with E-state index < -0.39 is 0 Å². The minimum Gasteiger partial charge on any atom is -0.351 e. The molecule has 116 valence electrons. The molecule has 1 aliphatic rings. The fourth-order valence-corrected chi connectivity index (χ4v) is 3.65. The molecule has 0 saturated carbocycles. The summed E-state index contributed by atoms with van der Waals surface area (Å²) in [5.41, 5.74) is 4.44. The number of benzene rings is 1. The van der Waals surface area contributed by atoms with Gasteiger partial charge in [-0.15, -0.1) is 11.3 Å². The van der Waals surface area contributed by atoms with Gasteiger partial charge in [-0.1, -0.05) is 30.3 Å². The third-order valence-corrected chi connectivity index (χ3v) is 5.16. The summed E-state index contributed by atoms with van der Waals surface area (Å²) in [6.07, 6.45) is 1.18. The van der Waals surface area contributed by atoms with Crippen molar-refractivity contribution in [1.29, 1.82) is 0 Å². The van der Waals surface area contributed by atoms with E-state index in [2.05, 4.69) is 57.4 Å². The van der Waals surface area contributed by atoms with Crippen LogP contribution in [0, 0.1) is 6.92 Å². The van der Waals surface area contributed by atoms with Gasteiger partial charge in [-0.05, 0) is 18.9 Å². The highest BCUT2D eigenvalue weighted by Crippen LogP contribution is 2.26. The molecule has 1 unspecified atom stereocenters. The van der Waals surface area contributed by atoms with Crippen LogP contribution >= 0.6 is 11.3 Å². The van der Waals surface area contributed by atoms with Crippen LogP contribution in [-0.2, 0) is 6.54 Å². The minimum atomic E-state index is 0.602. The van der Waals surface area contributed by atoms with E-state index >= 15 is 0 Å². The molecule has 1 aromatic heterocycles. The highest BCUT2D eigenvalue weighted by Gasteiger charge is 2.25. The zero-order valence-corrected chi connectivity index (χ0v) is 13.9. The van der Waals surface area contributed by atoms with Crippen molar-refractivity contribution in [1.82, 2.24) is 15.2 Å². The van der Waals surface area contributed by atoms with Crippen molar-refractivity contribution in [3.63, 3.8) is 0 Å². The molecule has 0 radical (unpaired) electrons. The Hall–Kier alpha value is -1.88. The van der Waals surface area contributed by atoms with Crippen molar-refractivity contribution >= 4 is 17.3 Å². The summed E-state index contributed by atoms with van der Waals surface area (Å²) < 4.78 is 0. The highest BCUT2D eigenvalue weighted by atomic mass is 32.1. The second-order valence-corrected chi connectivity index (χ2v) is 6.54. The fraction of sp³-hybridized carbons (Fsp3) is 0.412. The van der Waals surface area contributed by atoms with Gasteiger partial charge in [-0.2, -0.15) is 0 Å². The van der Waals surface area contributed by atoms with Gasteiger partial charge in [0.05, 0.1) is 17.7 Å². The summed E-state index contributed by atoms with van der Waals surface area (Å²) in [5.74, 6) is 1.59. The summed E-state index contributed by atoms with van der Waals surface area (Å²) >= 11 is 1.69. The highest BCUT2D eigenvalue weighted by molar-refractivity contribution is 7.09. The van der Waals surface area contributed by atoms with Gasteiger partial charge in [0.1, 0.15) is 0 Å². The van der Waals surface area contributed by atoms with Crippen molar-refractivity contribution < 1.29 is 0 Å². The second kappa shape index (κ2) is 6.92. The van der Waals surface area contributed by atoms with Crippen molar-refractivity contribution in [3.8, 4) is 0 Å². The van der Waals surface area contributed by atoms with Crippen LogP contribution in [0.3, 0.4) is 0 Å². The zero-order chi connectivity index (χ0) is 15.4. The molecule has 2 heterocycles. The number of thiazole rings is 1. The average Bonchev–Trinajstić information content (AvgIpc) is 3.19. The molecular weight excluding hydrogens is 292 g/mol. The standard InChI is InChI=1S/C17H22N4S/c1-13-16(22-12-20-13)10-19-17(18-2)21-9-8-15(11-21)14-6-4-3-5-7-14/h3-7,12,15H,8-11H2,1-2H3,(H,18,19). The maximum atomic E-state index is 4.44. The van der Waals surface area contributed by atoms with E-state index in [-0.39, 0.29) is 0 Å². The summed E-state index contributed by atoms with van der Waals surface area (Å²) in [6, 6.07) is 10.8. The van der Waals surface area contributed by atoms with Crippen LogP contribution in [0.4, 0.5) is 0 Å². The van der Waals surface area contributed by atoms with Gasteiger partial charge >= 0.3 is 0 Å². The number of hydrogen-bond acceptors (Lipinski definition) is 3. The van der Waals surface area contributed by atoms with Crippen LogP contribution < -0.4 is 5.32 Å². The molecule has 0 bridgehead atoms. The number of nitrogens with zero attached hydrogens (tertiary/aromatic N) is 3. The number of likely N-dealkylation sites (tertiary alicyclic amines) is 1. The summed E-state index contributed by atoms with van der Waals surface area (Å²) in [4.78, 5) is 12.4. The van der Waals surface area contributed by atoms with Crippen molar-refractivity contribution in [3.05, 3.63) is 52.0 Å². The molecule has 2 aromatic rings. The Morgan fingerprint density at radius 3 is 2.91 bits per heavy atom. The molecule has 3 rings (SSSR count). The van der Waals surface area contributed by atoms with Crippen LogP contribution in [0.5, 0.6) is 0 Å². The molecule has 1 aliphatic heterocycles. The first-order valence-electron chi connectivity index (χ1n) is 7.67. The predicted octanol–water partition coefficient (Wildman–Crippen LogP) is 3.02. The Morgan fingerprint density at radius 2 is 2.23 bits per heavy atom. The van der Waals surface area contributed by atoms with Crippen molar-refractivity contribution in [2.45, 2.75) is 25.8 Å². The summed E-state index contributed by atoms with van der Waals surface area (Å²) in [7, 11) is 1.86. The molecule has 5 heteroatoms. The van der Waals surface area contributed by atoms with Crippen LogP contribution in [0.25, 0.3) is 0 Å². The van der Waals surface area contributed by atoms with Gasteiger partial charge in [0, 0.05) is 30.9 Å². The number of guanidine groups is 1. The van der Waals surface area contributed by atoms with Gasteiger partial charge in [0.25, 0.3) is 0 Å². The van der Waals surface area contributed by atoms with Gasteiger partial charge in [-0.25, -0.2) is 4.98 Å². The Labute approximate surface area is 135 Å². The number of hydrogen-bond donors (Lipinski definition) is 1. The van der Waals surface area contributed by atoms with E-state index in [1.165, 1.54) is 16.9 Å². The average molecular weight is 314 g/mol.